The average molecular weight is 1030 g/mol. The first-order chi connectivity index (χ1) is 33.4. The number of hydrogen-bond donors (Lipinski definition) is 0. The molecule has 0 radical (unpaired) electrons. The van der Waals surface area contributed by atoms with Gasteiger partial charge in [0, 0.05) is 59.7 Å². The Bertz CT molecular complexity index is 3910. The molecule has 0 aliphatic carbocycles. The van der Waals surface area contributed by atoms with E-state index in [9.17, 15) is 0 Å². The van der Waals surface area contributed by atoms with Crippen LogP contribution in [0.2, 0.25) is 0 Å². The van der Waals surface area contributed by atoms with Gasteiger partial charge in [-0.1, -0.05) is 139 Å². The quantitative estimate of drug-likeness (QED) is 0.118. The van der Waals surface area contributed by atoms with Crippen molar-refractivity contribution < 1.29 is 34.5 Å². The molecule has 0 aliphatic heterocycles. The van der Waals surface area contributed by atoms with Crippen LogP contribution in [0.3, 0.4) is 0 Å². The third-order valence-electron chi connectivity index (χ3n) is 12.5. The molecule has 7 heteroatoms. The zero-order valence-electron chi connectivity index (χ0n) is 38.1. The molecule has 0 bridgehead atoms. The Morgan fingerprint density at radius 1 is 0.500 bits per heavy atom. The fourth-order valence-corrected chi connectivity index (χ4v) is 9.69. The van der Waals surface area contributed by atoms with Crippen LogP contribution in [0.25, 0.3) is 105 Å². The fourth-order valence-electron chi connectivity index (χ4n) is 9.69. The fraction of sp³-hybridized carbons (Fsp3) is 0.0169. The first-order valence-electron chi connectivity index (χ1n) is 23.1. The summed E-state index contributed by atoms with van der Waals surface area (Å²) in [6, 6.07) is 76.3. The molecule has 13 aromatic rings. The maximum atomic E-state index is 9.03. The molecule has 0 spiro atoms. The van der Waals surface area contributed by atoms with Gasteiger partial charge >= 0.3 is 0 Å². The average Bonchev–Trinajstić information content (AvgIpc) is 4.05. The predicted molar refractivity (Wildman–Crippen MR) is 262 cm³/mol. The van der Waals surface area contributed by atoms with Gasteiger partial charge in [0.2, 0.25) is 6.33 Å². The number of ether oxygens (including phenoxy) is 1. The minimum atomic E-state index is -2.62. The van der Waals surface area contributed by atoms with E-state index >= 15 is 0 Å². The topological polar surface area (TPSA) is 40.8 Å². The minimum Gasteiger partial charge on any atom is -0.504 e. The number of aromatic nitrogens is 5. The zero-order valence-corrected chi connectivity index (χ0v) is 37.4. The van der Waals surface area contributed by atoms with Crippen molar-refractivity contribution >= 4 is 65.5 Å². The smallest absolute Gasteiger partial charge is 0.242 e. The molecule has 316 valence electrons. The van der Waals surface area contributed by atoms with Crippen molar-refractivity contribution in [3.8, 4) is 50.9 Å². The van der Waals surface area contributed by atoms with Gasteiger partial charge in [-0.25, -0.2) is 0 Å². The van der Waals surface area contributed by atoms with E-state index in [2.05, 4.69) is 149 Å². The largest absolute Gasteiger partial charge is 0.504 e. The van der Waals surface area contributed by atoms with E-state index < -0.39 is 6.98 Å². The van der Waals surface area contributed by atoms with Crippen molar-refractivity contribution in [3.63, 3.8) is 0 Å². The van der Waals surface area contributed by atoms with Gasteiger partial charge in [0.15, 0.2) is 0 Å². The molecule has 0 N–H and O–H groups in total. The van der Waals surface area contributed by atoms with Crippen molar-refractivity contribution in [2.75, 3.05) is 0 Å². The van der Waals surface area contributed by atoms with Gasteiger partial charge in [0.25, 0.3) is 0 Å². The van der Waals surface area contributed by atoms with E-state index in [-0.39, 0.29) is 21.1 Å². The van der Waals surface area contributed by atoms with E-state index in [1.807, 2.05) is 84.9 Å². The van der Waals surface area contributed by atoms with Gasteiger partial charge < -0.3 is 23.0 Å². The van der Waals surface area contributed by atoms with E-state index in [0.29, 0.717) is 28.2 Å². The van der Waals surface area contributed by atoms with Crippen LogP contribution in [0.4, 0.5) is 0 Å². The second-order valence-electron chi connectivity index (χ2n) is 16.2. The molecule has 0 aliphatic rings. The van der Waals surface area contributed by atoms with Crippen molar-refractivity contribution in [2.45, 2.75) is 0 Å². The van der Waals surface area contributed by atoms with Crippen molar-refractivity contribution in [2.24, 2.45) is 6.98 Å². The Morgan fingerprint density at radius 3 is 1.67 bits per heavy atom. The van der Waals surface area contributed by atoms with E-state index in [1.165, 1.54) is 4.57 Å². The summed E-state index contributed by atoms with van der Waals surface area (Å²) < 4.78 is 41.2. The van der Waals surface area contributed by atoms with Crippen LogP contribution in [-0.4, -0.2) is 18.7 Å². The summed E-state index contributed by atoms with van der Waals surface area (Å²) in [5.74, 6) is 0.922. The van der Waals surface area contributed by atoms with E-state index in [0.717, 1.165) is 88.3 Å². The number of para-hydroxylation sites is 6. The maximum Gasteiger partial charge on any atom is 0.242 e. The Kier molecular flexibility index (Phi) is 8.74. The van der Waals surface area contributed by atoms with Crippen molar-refractivity contribution in [1.29, 1.82) is 0 Å². The molecule has 9 aromatic carbocycles. The summed E-state index contributed by atoms with van der Waals surface area (Å²) in [6.45, 7) is -2.62. The van der Waals surface area contributed by atoms with Gasteiger partial charge in [-0.3, -0.25) is 4.98 Å². The molecule has 0 unspecified atom stereocenters. The number of imidazole rings is 1. The Labute approximate surface area is 399 Å². The van der Waals surface area contributed by atoms with Crippen molar-refractivity contribution in [3.05, 3.63) is 225 Å². The van der Waals surface area contributed by atoms with E-state index in [1.54, 1.807) is 4.57 Å². The van der Waals surface area contributed by atoms with Gasteiger partial charge in [-0.15, -0.1) is 35.9 Å². The summed E-state index contributed by atoms with van der Waals surface area (Å²) >= 11 is 0. The summed E-state index contributed by atoms with van der Waals surface area (Å²) in [4.78, 5) is 4.87. The number of fused-ring (bicyclic) bond motifs is 8. The standard InChI is InChI=1S/C59H37N5O.Pt/c1-61-38-62(41-18-13-20-43(37-41)65-42-19-12-17-40(36-42)50-35-34-39-16-2-7-26-49(39)60-50)57-33-14-25-48(59(57)61)58-55(63-51-27-8-3-21-44(51)45-22-4-9-28-52(45)63)31-15-32-56(58)64-53-29-10-5-23-46(53)47-24-6-11-30-54(47)64;/h2-35H,1H3;/q-2;/i1D3;. The number of aryl methyl sites for hydroxylation is 1. The van der Waals surface area contributed by atoms with Gasteiger partial charge in [0.1, 0.15) is 0 Å². The molecule has 4 aromatic heterocycles. The molecule has 66 heavy (non-hydrogen) atoms. The number of hydrogen-bond acceptors (Lipinski definition) is 2. The van der Waals surface area contributed by atoms with Crippen molar-refractivity contribution in [1.82, 2.24) is 18.7 Å². The molecule has 0 fully saturated rings. The first kappa shape index (κ1) is 36.3. The molecular formula is C59H37N5OPt-2. The molecule has 0 saturated heterocycles. The molecule has 4 heterocycles. The number of nitrogens with zero attached hydrogens (tertiary/aromatic N) is 5. The molecule has 13 rings (SSSR count). The first-order valence-corrected chi connectivity index (χ1v) is 21.6. The third kappa shape index (κ3) is 6.28. The van der Waals surface area contributed by atoms with Crippen LogP contribution >= 0.6 is 0 Å². The Hall–Kier alpha value is -8.05. The number of rotatable bonds is 7. The van der Waals surface area contributed by atoms with Crippen LogP contribution in [0, 0.1) is 18.5 Å². The van der Waals surface area contributed by atoms with Crippen LogP contribution in [-0.2, 0) is 28.0 Å². The summed E-state index contributed by atoms with van der Waals surface area (Å²) in [7, 11) is 0. The number of benzene rings is 9. The summed E-state index contributed by atoms with van der Waals surface area (Å²) in [6.07, 6.45) is 3.27. The molecule has 6 nitrogen and oxygen atoms in total. The zero-order chi connectivity index (χ0) is 45.5. The van der Waals surface area contributed by atoms with Gasteiger partial charge in [-0.2, -0.15) is 12.1 Å². The second kappa shape index (κ2) is 15.9. The van der Waals surface area contributed by atoms with Crippen LogP contribution < -0.4 is 9.30 Å². The normalized spacial score (nSPS) is 12.5. The molecule has 0 atom stereocenters. The molecule has 0 saturated carbocycles. The third-order valence-corrected chi connectivity index (χ3v) is 12.5. The Morgan fingerprint density at radius 2 is 1.03 bits per heavy atom. The van der Waals surface area contributed by atoms with Gasteiger partial charge in [-0.05, 0) is 59.1 Å². The van der Waals surface area contributed by atoms with Crippen LogP contribution in [0.5, 0.6) is 11.5 Å². The summed E-state index contributed by atoms with van der Waals surface area (Å²) in [5, 5.41) is 5.56. The van der Waals surface area contributed by atoms with Gasteiger partial charge in [0.05, 0.1) is 61.1 Å². The second-order valence-corrected chi connectivity index (χ2v) is 16.2. The summed E-state index contributed by atoms with van der Waals surface area (Å²) in [5.41, 5.74) is 11.7. The maximum absolute atomic E-state index is 9.03. The van der Waals surface area contributed by atoms with Crippen LogP contribution in [0.1, 0.15) is 4.11 Å². The van der Waals surface area contributed by atoms with E-state index in [4.69, 9.17) is 13.8 Å². The Balaban J connectivity index is 0.00000492. The minimum absolute atomic E-state index is 0. The monoisotopic (exact) mass is 1030 g/mol. The molecular weight excluding hydrogens is 990 g/mol. The number of pyridine rings is 1. The van der Waals surface area contributed by atoms with Crippen LogP contribution in [0.15, 0.2) is 206 Å². The SMILES string of the molecule is [2H]C([2H])([2H])[n+]1[c-]n(-c2[c-]c(Oc3[c-]c(-c4ccc5ccccc5n4)ccc3)ccc2)c2cccc(-c3c(-n4c5ccccc5c5ccccc54)cccc3-n3c4ccccc4c4ccccc43)c21.[Pt]. The molecule has 0 amide bonds. The predicted octanol–water partition coefficient (Wildman–Crippen LogP) is 13.7.